The van der Waals surface area contributed by atoms with Crippen molar-refractivity contribution in [1.29, 1.82) is 0 Å². The Hall–Kier alpha value is -1.66. The van der Waals surface area contributed by atoms with Gasteiger partial charge in [-0.1, -0.05) is 0 Å². The number of nitrogens with zero attached hydrogens (tertiary/aromatic N) is 2. The third-order valence-corrected chi connectivity index (χ3v) is 4.51. The second-order valence-electron chi connectivity index (χ2n) is 5.05. The minimum Gasteiger partial charge on any atom is -0.319 e. The van der Waals surface area contributed by atoms with E-state index in [4.69, 9.17) is 0 Å². The van der Waals surface area contributed by atoms with Crippen molar-refractivity contribution >= 4 is 22.9 Å². The van der Waals surface area contributed by atoms with E-state index in [1.165, 1.54) is 11.3 Å². The first kappa shape index (κ1) is 13.3. The predicted molar refractivity (Wildman–Crippen MR) is 80.4 cm³/mol. The van der Waals surface area contributed by atoms with E-state index >= 15 is 0 Å². The molecule has 5 nitrogen and oxygen atoms in total. The Labute approximate surface area is 122 Å². The fraction of sp³-hybridized carbons (Fsp3) is 0.429. The number of aryl methyl sites for hydroxylation is 1. The van der Waals surface area contributed by atoms with Gasteiger partial charge < -0.3 is 10.6 Å². The van der Waals surface area contributed by atoms with Crippen molar-refractivity contribution in [2.75, 3.05) is 18.4 Å². The fourth-order valence-corrected chi connectivity index (χ4v) is 3.19. The second-order valence-corrected chi connectivity index (χ2v) is 6.34. The number of hydrogen-bond acceptors (Lipinski definition) is 4. The molecular formula is C14H18N4OS. The number of thiophene rings is 1. The van der Waals surface area contributed by atoms with Crippen LogP contribution in [0.2, 0.25) is 0 Å². The molecule has 1 aliphatic heterocycles. The molecule has 0 saturated carbocycles. The number of hydrogen-bond donors (Lipinski definition) is 2. The van der Waals surface area contributed by atoms with Crippen LogP contribution in [0.1, 0.15) is 33.4 Å². The summed E-state index contributed by atoms with van der Waals surface area (Å²) in [6.45, 7) is 4.05. The quantitative estimate of drug-likeness (QED) is 0.912. The van der Waals surface area contributed by atoms with Crippen LogP contribution in [-0.2, 0) is 0 Å². The Bertz CT molecular complexity index is 598. The molecular weight excluding hydrogens is 272 g/mol. The molecule has 2 aromatic heterocycles. The van der Waals surface area contributed by atoms with Crippen LogP contribution in [0, 0.1) is 6.92 Å². The van der Waals surface area contributed by atoms with Crippen LogP contribution in [0.4, 0.5) is 5.69 Å². The summed E-state index contributed by atoms with van der Waals surface area (Å²) in [4.78, 5) is 13.9. The molecule has 0 bridgehead atoms. The van der Waals surface area contributed by atoms with E-state index in [1.807, 2.05) is 29.9 Å². The summed E-state index contributed by atoms with van der Waals surface area (Å²) in [5.74, 6) is -0.0621. The van der Waals surface area contributed by atoms with Crippen LogP contribution in [0.25, 0.3) is 0 Å². The third kappa shape index (κ3) is 2.91. The van der Waals surface area contributed by atoms with Gasteiger partial charge in [-0.15, -0.1) is 11.3 Å². The molecule has 2 N–H and O–H groups in total. The molecule has 1 aliphatic rings. The summed E-state index contributed by atoms with van der Waals surface area (Å²) >= 11 is 1.50. The van der Waals surface area contributed by atoms with Crippen LogP contribution in [0.3, 0.4) is 0 Å². The molecule has 1 saturated heterocycles. The van der Waals surface area contributed by atoms with E-state index in [0.29, 0.717) is 6.04 Å². The highest BCUT2D eigenvalue weighted by atomic mass is 32.1. The van der Waals surface area contributed by atoms with Gasteiger partial charge in [0.25, 0.3) is 5.91 Å². The number of carbonyl (C=O) groups excluding carboxylic acids is 1. The summed E-state index contributed by atoms with van der Waals surface area (Å²) in [5, 5.41) is 10.6. The number of nitrogens with one attached hydrogen (secondary N) is 2. The van der Waals surface area contributed by atoms with Crippen molar-refractivity contribution in [1.82, 2.24) is 15.1 Å². The smallest absolute Gasteiger partial charge is 0.265 e. The van der Waals surface area contributed by atoms with E-state index < -0.39 is 0 Å². The maximum atomic E-state index is 12.1. The molecule has 0 radical (unpaired) electrons. The van der Waals surface area contributed by atoms with E-state index in [9.17, 15) is 4.79 Å². The molecule has 0 aromatic carbocycles. The third-order valence-electron chi connectivity index (χ3n) is 3.51. The molecule has 6 heteroatoms. The van der Waals surface area contributed by atoms with Crippen molar-refractivity contribution in [3.8, 4) is 0 Å². The van der Waals surface area contributed by atoms with Gasteiger partial charge in [0.2, 0.25) is 0 Å². The van der Waals surface area contributed by atoms with Crippen LogP contribution in [0.5, 0.6) is 0 Å². The van der Waals surface area contributed by atoms with Crippen molar-refractivity contribution in [2.45, 2.75) is 25.8 Å². The van der Waals surface area contributed by atoms with Gasteiger partial charge in [-0.05, 0) is 45.0 Å². The first-order chi connectivity index (χ1) is 9.72. The van der Waals surface area contributed by atoms with Gasteiger partial charge in [0, 0.05) is 11.1 Å². The lowest BCUT2D eigenvalue weighted by Crippen LogP contribution is -2.29. The molecule has 2 aromatic rings. The Kier molecular flexibility index (Phi) is 3.84. The lowest BCUT2D eigenvalue weighted by Gasteiger charge is -2.22. The standard InChI is InChI=1S/C14H18N4OS/c1-10-2-3-13(20-10)14(19)17-11-8-16-18(9-11)12-4-6-15-7-5-12/h2-3,8-9,12,15H,4-7H2,1H3,(H,17,19). The highest BCUT2D eigenvalue weighted by molar-refractivity contribution is 7.14. The number of anilines is 1. The summed E-state index contributed by atoms with van der Waals surface area (Å²) in [6.07, 6.45) is 5.81. The summed E-state index contributed by atoms with van der Waals surface area (Å²) < 4.78 is 1.97. The Balaban J connectivity index is 1.66. The molecule has 3 heterocycles. The van der Waals surface area contributed by atoms with Crippen molar-refractivity contribution in [3.05, 3.63) is 34.3 Å². The minimum absolute atomic E-state index is 0.0621. The Morgan fingerprint density at radius 2 is 2.25 bits per heavy atom. The number of carbonyl (C=O) groups is 1. The monoisotopic (exact) mass is 290 g/mol. The first-order valence-electron chi connectivity index (χ1n) is 6.85. The molecule has 1 amide bonds. The maximum absolute atomic E-state index is 12.1. The lowest BCUT2D eigenvalue weighted by molar-refractivity contribution is 0.103. The largest absolute Gasteiger partial charge is 0.319 e. The van der Waals surface area contributed by atoms with Gasteiger partial charge in [0.05, 0.1) is 22.8 Å². The molecule has 106 valence electrons. The number of piperidine rings is 1. The van der Waals surface area contributed by atoms with E-state index in [0.717, 1.165) is 41.4 Å². The Morgan fingerprint density at radius 3 is 2.95 bits per heavy atom. The fourth-order valence-electron chi connectivity index (χ4n) is 2.42. The average molecular weight is 290 g/mol. The van der Waals surface area contributed by atoms with Crippen LogP contribution >= 0.6 is 11.3 Å². The van der Waals surface area contributed by atoms with E-state index in [1.54, 1.807) is 6.20 Å². The topological polar surface area (TPSA) is 59.0 Å². The number of rotatable bonds is 3. The number of aromatic nitrogens is 2. The highest BCUT2D eigenvalue weighted by Gasteiger charge is 2.16. The van der Waals surface area contributed by atoms with Crippen LogP contribution in [0.15, 0.2) is 24.5 Å². The SMILES string of the molecule is Cc1ccc(C(=O)Nc2cnn(C3CCNCC3)c2)s1. The maximum Gasteiger partial charge on any atom is 0.265 e. The van der Waals surface area contributed by atoms with E-state index in [-0.39, 0.29) is 5.91 Å². The molecule has 0 unspecified atom stereocenters. The molecule has 0 atom stereocenters. The summed E-state index contributed by atoms with van der Waals surface area (Å²) in [6, 6.07) is 4.25. The second kappa shape index (κ2) is 5.76. The van der Waals surface area contributed by atoms with Gasteiger partial charge in [0.15, 0.2) is 0 Å². The molecule has 20 heavy (non-hydrogen) atoms. The molecule has 0 spiro atoms. The van der Waals surface area contributed by atoms with Crippen molar-refractivity contribution in [3.63, 3.8) is 0 Å². The highest BCUT2D eigenvalue weighted by Crippen LogP contribution is 2.21. The Morgan fingerprint density at radius 1 is 1.45 bits per heavy atom. The zero-order valence-electron chi connectivity index (χ0n) is 11.4. The van der Waals surface area contributed by atoms with Gasteiger partial charge in [-0.3, -0.25) is 9.48 Å². The van der Waals surface area contributed by atoms with Gasteiger partial charge >= 0.3 is 0 Å². The minimum atomic E-state index is -0.0621. The van der Waals surface area contributed by atoms with Gasteiger partial charge in [0.1, 0.15) is 0 Å². The normalized spacial score (nSPS) is 16.2. The molecule has 1 fully saturated rings. The summed E-state index contributed by atoms with van der Waals surface area (Å²) in [7, 11) is 0. The van der Waals surface area contributed by atoms with Crippen molar-refractivity contribution < 1.29 is 4.79 Å². The molecule has 0 aliphatic carbocycles. The first-order valence-corrected chi connectivity index (χ1v) is 7.67. The van der Waals surface area contributed by atoms with Crippen molar-refractivity contribution in [2.24, 2.45) is 0 Å². The zero-order chi connectivity index (χ0) is 13.9. The lowest BCUT2D eigenvalue weighted by atomic mass is 10.1. The molecule has 3 rings (SSSR count). The summed E-state index contributed by atoms with van der Waals surface area (Å²) in [5.41, 5.74) is 0.764. The van der Waals surface area contributed by atoms with Gasteiger partial charge in [-0.2, -0.15) is 5.10 Å². The van der Waals surface area contributed by atoms with Crippen LogP contribution < -0.4 is 10.6 Å². The predicted octanol–water partition coefficient (Wildman–Crippen LogP) is 2.43. The zero-order valence-corrected chi connectivity index (χ0v) is 12.2. The number of amides is 1. The van der Waals surface area contributed by atoms with Crippen LogP contribution in [-0.4, -0.2) is 28.8 Å². The van der Waals surface area contributed by atoms with Gasteiger partial charge in [-0.25, -0.2) is 0 Å². The average Bonchev–Trinajstić information content (AvgIpc) is 3.09. The van der Waals surface area contributed by atoms with E-state index in [2.05, 4.69) is 15.7 Å².